The number of epoxide rings is 1. The van der Waals surface area contributed by atoms with Gasteiger partial charge in [-0.15, -0.1) is 0 Å². The first-order valence-electron chi connectivity index (χ1n) is 11.1. The van der Waals surface area contributed by atoms with E-state index in [0.717, 1.165) is 23.1 Å². The Hall–Kier alpha value is -2.39. The summed E-state index contributed by atoms with van der Waals surface area (Å²) in [4.78, 5) is 12.8. The highest BCUT2D eigenvalue weighted by Gasteiger charge is 2.78. The number of hydrogen-bond acceptors (Lipinski definition) is 8. The summed E-state index contributed by atoms with van der Waals surface area (Å²) in [6, 6.07) is 1.98. The zero-order valence-corrected chi connectivity index (χ0v) is 18.1. The van der Waals surface area contributed by atoms with Gasteiger partial charge in [0.15, 0.2) is 23.8 Å². The highest BCUT2D eigenvalue weighted by atomic mass is 16.8. The average Bonchev–Trinajstić information content (AvgIpc) is 3.43. The van der Waals surface area contributed by atoms with E-state index >= 15 is 0 Å². The van der Waals surface area contributed by atoms with Crippen molar-refractivity contribution in [1.29, 1.82) is 0 Å². The molecular weight excluding hydrogens is 416 g/mol. The molecule has 0 saturated carbocycles. The Kier molecular flexibility index (Phi) is 3.55. The lowest BCUT2D eigenvalue weighted by Crippen LogP contribution is -2.65. The normalized spacial score (nSPS) is 36.1. The lowest BCUT2D eigenvalue weighted by Gasteiger charge is -2.48. The Morgan fingerprint density at radius 1 is 1.22 bits per heavy atom. The maximum absolute atomic E-state index is 12.8. The lowest BCUT2D eigenvalue weighted by molar-refractivity contribution is -0.301. The molecule has 5 atom stereocenters. The summed E-state index contributed by atoms with van der Waals surface area (Å²) in [5, 5.41) is 12.6. The van der Waals surface area contributed by atoms with Crippen LogP contribution in [0, 0.1) is 6.92 Å². The molecule has 7 rings (SSSR count). The Morgan fingerprint density at radius 2 is 2.03 bits per heavy atom. The van der Waals surface area contributed by atoms with Crippen molar-refractivity contribution in [2.45, 2.75) is 62.5 Å². The molecule has 3 unspecified atom stereocenters. The standard InChI is InChI=1S/C24H24O8/c1-10-7-12-17(18(26)16-11(19(12)27-2)5-4-6-13(16)25)20-15(10)21-22-24(28-3,32-20)23(9-29-23)8-14(30-21)31-22/h7,14,21-22,26H,4-6,8-9H2,1-3H3/t14?,21?,22?,23-,24+/m0/s1. The summed E-state index contributed by atoms with van der Waals surface area (Å²) in [5.74, 6) is -0.314. The molecule has 1 aliphatic carbocycles. The highest BCUT2D eigenvalue weighted by molar-refractivity contribution is 6.11. The van der Waals surface area contributed by atoms with Gasteiger partial charge in [-0.05, 0) is 31.4 Å². The third-order valence-corrected chi connectivity index (χ3v) is 7.85. The molecule has 5 aliphatic rings. The zero-order chi connectivity index (χ0) is 22.0. The Bertz CT molecular complexity index is 1210. The quantitative estimate of drug-likeness (QED) is 0.712. The molecule has 1 spiro atoms. The second kappa shape index (κ2) is 5.94. The van der Waals surface area contributed by atoms with Crippen LogP contribution in [-0.4, -0.2) is 55.5 Å². The fourth-order valence-corrected chi connectivity index (χ4v) is 6.37. The summed E-state index contributed by atoms with van der Waals surface area (Å²) in [6.07, 6.45) is 0.959. The van der Waals surface area contributed by atoms with E-state index in [0.29, 0.717) is 53.7 Å². The number of carbonyl (C=O) groups excluding carboxylic acids is 1. The molecule has 8 nitrogen and oxygen atoms in total. The van der Waals surface area contributed by atoms with Crippen LogP contribution in [0.25, 0.3) is 10.8 Å². The molecule has 0 aromatic heterocycles. The molecule has 32 heavy (non-hydrogen) atoms. The van der Waals surface area contributed by atoms with Gasteiger partial charge in [0, 0.05) is 36.5 Å². The van der Waals surface area contributed by atoms with E-state index in [9.17, 15) is 9.90 Å². The predicted molar refractivity (Wildman–Crippen MR) is 110 cm³/mol. The van der Waals surface area contributed by atoms with Gasteiger partial charge in [-0.1, -0.05) is 0 Å². The molecule has 2 aromatic carbocycles. The van der Waals surface area contributed by atoms with Crippen molar-refractivity contribution in [3.63, 3.8) is 0 Å². The molecular formula is C24H24O8. The SMILES string of the molecule is COc1c2c(c(O)c3c4c(c(C)cc13)C1OC3C[C@]5(CO5)[C@](OC)(O4)C1O3)C(=O)CCC2. The third kappa shape index (κ3) is 2.01. The van der Waals surface area contributed by atoms with Gasteiger partial charge in [-0.3, -0.25) is 4.79 Å². The van der Waals surface area contributed by atoms with E-state index in [1.807, 2.05) is 13.0 Å². The first-order chi connectivity index (χ1) is 15.4. The number of phenolic OH excluding ortho intramolecular Hbond substituents is 1. The number of carbonyl (C=O) groups is 1. The van der Waals surface area contributed by atoms with E-state index in [-0.39, 0.29) is 11.5 Å². The first-order valence-corrected chi connectivity index (χ1v) is 11.1. The lowest BCUT2D eigenvalue weighted by atomic mass is 9.79. The number of hydrogen-bond donors (Lipinski definition) is 1. The molecule has 0 amide bonds. The number of fused-ring (bicyclic) bond motifs is 7. The minimum Gasteiger partial charge on any atom is -0.506 e. The molecule has 4 heterocycles. The molecule has 1 N–H and O–H groups in total. The molecule has 168 valence electrons. The summed E-state index contributed by atoms with van der Waals surface area (Å²) in [5.41, 5.74) is 2.15. The number of rotatable bonds is 2. The first kappa shape index (κ1) is 19.1. The number of methoxy groups -OCH3 is 2. The van der Waals surface area contributed by atoms with Crippen LogP contribution in [0.15, 0.2) is 6.07 Å². The van der Waals surface area contributed by atoms with Crippen LogP contribution in [0.5, 0.6) is 17.2 Å². The van der Waals surface area contributed by atoms with Crippen LogP contribution in [0.2, 0.25) is 0 Å². The Morgan fingerprint density at radius 3 is 2.75 bits per heavy atom. The fraction of sp³-hybridized carbons (Fsp3) is 0.542. The molecule has 2 aromatic rings. The fourth-order valence-electron chi connectivity index (χ4n) is 6.37. The van der Waals surface area contributed by atoms with E-state index in [1.165, 1.54) is 0 Å². The monoisotopic (exact) mass is 440 g/mol. The summed E-state index contributed by atoms with van der Waals surface area (Å²) >= 11 is 0. The van der Waals surface area contributed by atoms with Gasteiger partial charge in [0.1, 0.15) is 23.4 Å². The average molecular weight is 440 g/mol. The smallest absolute Gasteiger partial charge is 0.271 e. The number of aromatic hydroxyl groups is 1. The van der Waals surface area contributed by atoms with Gasteiger partial charge in [-0.25, -0.2) is 0 Å². The van der Waals surface area contributed by atoms with Crippen molar-refractivity contribution < 1.29 is 38.3 Å². The van der Waals surface area contributed by atoms with Crippen LogP contribution in [-0.2, 0) is 25.4 Å². The number of ether oxygens (including phenoxy) is 6. The van der Waals surface area contributed by atoms with E-state index in [1.54, 1.807) is 14.2 Å². The second-order valence-corrected chi connectivity index (χ2v) is 9.37. The molecule has 3 fully saturated rings. The van der Waals surface area contributed by atoms with Crippen molar-refractivity contribution in [3.8, 4) is 17.2 Å². The minimum atomic E-state index is -1.21. The van der Waals surface area contributed by atoms with E-state index in [4.69, 9.17) is 28.4 Å². The van der Waals surface area contributed by atoms with Crippen molar-refractivity contribution in [2.75, 3.05) is 20.8 Å². The number of benzene rings is 2. The summed E-state index contributed by atoms with van der Waals surface area (Å²) < 4.78 is 36.8. The highest BCUT2D eigenvalue weighted by Crippen LogP contribution is 2.64. The predicted octanol–water partition coefficient (Wildman–Crippen LogP) is 3.07. The minimum absolute atomic E-state index is 0.0688. The topological polar surface area (TPSA) is 96.0 Å². The summed E-state index contributed by atoms with van der Waals surface area (Å²) in [6.45, 7) is 2.47. The zero-order valence-electron chi connectivity index (χ0n) is 18.1. The number of phenols is 1. The van der Waals surface area contributed by atoms with Gasteiger partial charge < -0.3 is 33.5 Å². The maximum Gasteiger partial charge on any atom is 0.271 e. The van der Waals surface area contributed by atoms with Crippen molar-refractivity contribution in [2.24, 2.45) is 0 Å². The third-order valence-electron chi connectivity index (χ3n) is 7.85. The number of Topliss-reactive ketones (excluding diaryl/α,β-unsaturated/α-hetero) is 1. The second-order valence-electron chi connectivity index (χ2n) is 9.37. The van der Waals surface area contributed by atoms with Crippen LogP contribution >= 0.6 is 0 Å². The van der Waals surface area contributed by atoms with Crippen molar-refractivity contribution in [1.82, 2.24) is 0 Å². The van der Waals surface area contributed by atoms with E-state index < -0.39 is 29.9 Å². The molecule has 4 aliphatic heterocycles. The molecule has 8 heteroatoms. The van der Waals surface area contributed by atoms with Crippen molar-refractivity contribution >= 4 is 16.6 Å². The Balaban J connectivity index is 1.59. The van der Waals surface area contributed by atoms with Crippen LogP contribution < -0.4 is 9.47 Å². The maximum atomic E-state index is 12.8. The van der Waals surface area contributed by atoms with Gasteiger partial charge in [0.05, 0.1) is 24.7 Å². The van der Waals surface area contributed by atoms with E-state index in [2.05, 4.69) is 0 Å². The molecule has 3 saturated heterocycles. The Labute approximate surface area is 184 Å². The van der Waals surface area contributed by atoms with Crippen molar-refractivity contribution in [3.05, 3.63) is 28.3 Å². The summed E-state index contributed by atoms with van der Waals surface area (Å²) in [7, 11) is 3.17. The number of ketones is 1. The van der Waals surface area contributed by atoms with Gasteiger partial charge in [0.25, 0.3) is 5.79 Å². The van der Waals surface area contributed by atoms with Crippen LogP contribution in [0.4, 0.5) is 0 Å². The number of aryl methyl sites for hydroxylation is 1. The molecule has 2 bridgehead atoms. The van der Waals surface area contributed by atoms with Gasteiger partial charge >= 0.3 is 0 Å². The molecule has 0 radical (unpaired) electrons. The largest absolute Gasteiger partial charge is 0.506 e. The van der Waals surface area contributed by atoms with Crippen LogP contribution in [0.3, 0.4) is 0 Å². The van der Waals surface area contributed by atoms with Gasteiger partial charge in [-0.2, -0.15) is 0 Å². The van der Waals surface area contributed by atoms with Crippen LogP contribution in [0.1, 0.15) is 52.4 Å². The van der Waals surface area contributed by atoms with Gasteiger partial charge in [0.2, 0.25) is 0 Å².